The number of ether oxygens (including phenoxy) is 3. The average molecular weight is 1010 g/mol. The van der Waals surface area contributed by atoms with Crippen LogP contribution < -0.4 is 0 Å². The Kier molecular flexibility index (Phi) is 58.7. The van der Waals surface area contributed by atoms with Gasteiger partial charge in [-0.05, 0) is 77.0 Å². The minimum absolute atomic E-state index is 0.0762. The molecule has 72 heavy (non-hydrogen) atoms. The lowest BCUT2D eigenvalue weighted by molar-refractivity contribution is -0.167. The van der Waals surface area contributed by atoms with Gasteiger partial charge in [-0.1, -0.05) is 288 Å². The molecule has 6 heteroatoms. The van der Waals surface area contributed by atoms with Gasteiger partial charge in [0.2, 0.25) is 0 Å². The minimum atomic E-state index is -0.779. The van der Waals surface area contributed by atoms with Crippen LogP contribution in [0.2, 0.25) is 0 Å². The number of hydrogen-bond donors (Lipinski definition) is 0. The van der Waals surface area contributed by atoms with Gasteiger partial charge in [-0.2, -0.15) is 0 Å². The first-order chi connectivity index (χ1) is 35.5. The van der Waals surface area contributed by atoms with Crippen LogP contribution in [0.4, 0.5) is 0 Å². The van der Waals surface area contributed by atoms with Gasteiger partial charge in [-0.15, -0.1) is 0 Å². The predicted octanol–water partition coefficient (Wildman–Crippen LogP) is 21.4. The molecular formula is C66H120O6. The van der Waals surface area contributed by atoms with Crippen LogP contribution in [-0.4, -0.2) is 37.2 Å². The van der Waals surface area contributed by atoms with Crippen molar-refractivity contribution < 1.29 is 28.6 Å². The Morgan fingerprint density at radius 3 is 0.861 bits per heavy atom. The molecule has 0 N–H and O–H groups in total. The molecule has 0 spiro atoms. The van der Waals surface area contributed by atoms with Crippen LogP contribution in [0, 0.1) is 0 Å². The van der Waals surface area contributed by atoms with Crippen LogP contribution in [-0.2, 0) is 28.6 Å². The summed E-state index contributed by atoms with van der Waals surface area (Å²) in [5, 5.41) is 0. The quantitative estimate of drug-likeness (QED) is 0.0261. The Hall–Kier alpha value is -2.63. The smallest absolute Gasteiger partial charge is 0.306 e. The Bertz CT molecular complexity index is 1250. The van der Waals surface area contributed by atoms with E-state index in [1.54, 1.807) is 0 Å². The zero-order chi connectivity index (χ0) is 52.2. The molecule has 0 aliphatic rings. The topological polar surface area (TPSA) is 78.9 Å². The maximum absolute atomic E-state index is 12.9. The molecule has 0 aromatic rings. The summed E-state index contributed by atoms with van der Waals surface area (Å²) < 4.78 is 16.9. The number of allylic oxidation sites excluding steroid dienone is 8. The lowest BCUT2D eigenvalue weighted by atomic mass is 10.0. The fourth-order valence-corrected chi connectivity index (χ4v) is 9.34. The number of carbonyl (C=O) groups excluding carboxylic acids is 3. The molecule has 6 nitrogen and oxygen atoms in total. The van der Waals surface area contributed by atoms with Crippen LogP contribution in [0.5, 0.6) is 0 Å². The van der Waals surface area contributed by atoms with Gasteiger partial charge in [0, 0.05) is 19.3 Å². The standard InChI is InChI=1S/C66H120O6/c1-4-7-10-13-16-19-22-25-28-31-33-35-38-41-44-47-50-53-56-59-65(68)71-62-63(61-70-64(67)58-55-52-49-46-43-40-37-30-27-24-21-18-15-12-9-6-3)72-66(69)60-57-54-51-48-45-42-39-36-34-32-29-26-23-20-17-14-11-8-5-2/h9,12,18,21,27,30-31,33,63H,4-8,10-11,13-17,19-20,22-26,28-29,32,34-62H2,1-3H3/b12-9-,21-18-,30-27-,33-31-. The molecule has 0 saturated carbocycles. The Labute approximate surface area is 448 Å². The van der Waals surface area contributed by atoms with E-state index in [2.05, 4.69) is 69.4 Å². The fourth-order valence-electron chi connectivity index (χ4n) is 9.34. The zero-order valence-electron chi connectivity index (χ0n) is 48.2. The van der Waals surface area contributed by atoms with E-state index in [0.29, 0.717) is 19.3 Å². The Balaban J connectivity index is 4.35. The number of carbonyl (C=O) groups is 3. The van der Waals surface area contributed by atoms with Crippen molar-refractivity contribution in [3.63, 3.8) is 0 Å². The second-order valence-corrected chi connectivity index (χ2v) is 21.3. The molecule has 0 amide bonds. The number of esters is 3. The first kappa shape index (κ1) is 69.4. The molecule has 0 rings (SSSR count). The van der Waals surface area contributed by atoms with E-state index in [1.807, 2.05) is 0 Å². The normalized spacial score (nSPS) is 12.3. The van der Waals surface area contributed by atoms with Crippen molar-refractivity contribution in [1.29, 1.82) is 0 Å². The molecule has 420 valence electrons. The maximum Gasteiger partial charge on any atom is 0.306 e. The van der Waals surface area contributed by atoms with Gasteiger partial charge >= 0.3 is 17.9 Å². The van der Waals surface area contributed by atoms with Crippen LogP contribution >= 0.6 is 0 Å². The van der Waals surface area contributed by atoms with Gasteiger partial charge in [0.25, 0.3) is 0 Å². The summed E-state index contributed by atoms with van der Waals surface area (Å²) in [6, 6.07) is 0. The van der Waals surface area contributed by atoms with E-state index in [4.69, 9.17) is 14.2 Å². The van der Waals surface area contributed by atoms with E-state index in [0.717, 1.165) is 83.5 Å². The second kappa shape index (κ2) is 60.9. The highest BCUT2D eigenvalue weighted by molar-refractivity contribution is 5.71. The van der Waals surface area contributed by atoms with Gasteiger partial charge in [0.1, 0.15) is 13.2 Å². The van der Waals surface area contributed by atoms with E-state index in [-0.39, 0.29) is 31.1 Å². The van der Waals surface area contributed by atoms with E-state index < -0.39 is 6.10 Å². The van der Waals surface area contributed by atoms with Crippen molar-refractivity contribution in [2.75, 3.05) is 13.2 Å². The summed E-state index contributed by atoms with van der Waals surface area (Å²) in [7, 11) is 0. The molecule has 0 fully saturated rings. The molecule has 1 atom stereocenters. The molecule has 0 aromatic carbocycles. The van der Waals surface area contributed by atoms with E-state index >= 15 is 0 Å². The molecule has 0 aliphatic heterocycles. The van der Waals surface area contributed by atoms with E-state index in [9.17, 15) is 14.4 Å². The molecule has 1 unspecified atom stereocenters. The average Bonchev–Trinajstić information content (AvgIpc) is 3.38. The number of unbranched alkanes of at least 4 members (excludes halogenated alkanes) is 39. The Morgan fingerprint density at radius 2 is 0.542 bits per heavy atom. The highest BCUT2D eigenvalue weighted by atomic mass is 16.6. The summed E-state index contributed by atoms with van der Waals surface area (Å²) in [4.78, 5) is 38.3. The van der Waals surface area contributed by atoms with Crippen LogP contribution in [0.15, 0.2) is 48.6 Å². The summed E-state index contributed by atoms with van der Waals surface area (Å²) in [5.74, 6) is -0.872. The van der Waals surface area contributed by atoms with Gasteiger partial charge in [0.15, 0.2) is 6.10 Å². The zero-order valence-corrected chi connectivity index (χ0v) is 48.2. The summed E-state index contributed by atoms with van der Waals surface area (Å²) >= 11 is 0. The lowest BCUT2D eigenvalue weighted by Gasteiger charge is -2.18. The Morgan fingerprint density at radius 1 is 0.292 bits per heavy atom. The molecule has 0 radical (unpaired) electrons. The maximum atomic E-state index is 12.9. The SMILES string of the molecule is CC/C=C\C/C=C\C/C=C\CCCCCCCCC(=O)OCC(COC(=O)CCCCCCCCC/C=C\CCCCCCCCCC)OC(=O)CCCCCCCCCCCCCCCCCCCCC. The molecule has 0 bridgehead atoms. The highest BCUT2D eigenvalue weighted by Gasteiger charge is 2.19. The van der Waals surface area contributed by atoms with Gasteiger partial charge in [-0.3, -0.25) is 14.4 Å². The third-order valence-corrected chi connectivity index (χ3v) is 14.1. The van der Waals surface area contributed by atoms with Gasteiger partial charge in [0.05, 0.1) is 0 Å². The van der Waals surface area contributed by atoms with Crippen molar-refractivity contribution in [2.24, 2.45) is 0 Å². The van der Waals surface area contributed by atoms with Crippen molar-refractivity contribution >= 4 is 17.9 Å². The summed E-state index contributed by atoms with van der Waals surface area (Å²) in [6.45, 7) is 6.57. The summed E-state index contributed by atoms with van der Waals surface area (Å²) in [5.41, 5.74) is 0. The van der Waals surface area contributed by atoms with Crippen molar-refractivity contribution in [2.45, 2.75) is 341 Å². The van der Waals surface area contributed by atoms with Crippen molar-refractivity contribution in [3.8, 4) is 0 Å². The van der Waals surface area contributed by atoms with Crippen LogP contribution in [0.3, 0.4) is 0 Å². The first-order valence-electron chi connectivity index (χ1n) is 31.6. The number of hydrogen-bond acceptors (Lipinski definition) is 6. The predicted molar refractivity (Wildman–Crippen MR) is 312 cm³/mol. The highest BCUT2D eigenvalue weighted by Crippen LogP contribution is 2.17. The lowest BCUT2D eigenvalue weighted by Crippen LogP contribution is -2.30. The summed E-state index contributed by atoms with van der Waals surface area (Å²) in [6.07, 6.45) is 75.4. The van der Waals surface area contributed by atoms with Crippen LogP contribution in [0.25, 0.3) is 0 Å². The third kappa shape index (κ3) is 58.3. The van der Waals surface area contributed by atoms with Gasteiger partial charge in [-0.25, -0.2) is 0 Å². The van der Waals surface area contributed by atoms with Crippen molar-refractivity contribution in [1.82, 2.24) is 0 Å². The van der Waals surface area contributed by atoms with Crippen LogP contribution in [0.1, 0.15) is 335 Å². The molecular weight excluding hydrogens is 889 g/mol. The third-order valence-electron chi connectivity index (χ3n) is 14.1. The van der Waals surface area contributed by atoms with Crippen molar-refractivity contribution in [3.05, 3.63) is 48.6 Å². The second-order valence-electron chi connectivity index (χ2n) is 21.3. The molecule has 0 heterocycles. The minimum Gasteiger partial charge on any atom is -0.462 e. The van der Waals surface area contributed by atoms with E-state index in [1.165, 1.54) is 212 Å². The number of rotatable bonds is 58. The fraction of sp³-hybridized carbons (Fsp3) is 0.833. The monoisotopic (exact) mass is 1010 g/mol. The largest absolute Gasteiger partial charge is 0.462 e. The molecule has 0 aromatic heterocycles. The molecule has 0 aliphatic carbocycles. The molecule has 0 saturated heterocycles. The first-order valence-corrected chi connectivity index (χ1v) is 31.6. The van der Waals surface area contributed by atoms with Gasteiger partial charge < -0.3 is 14.2 Å².